The SMILES string of the molecule is NS(=O)(=O)c1ccc(NCCCCOc2ccccc2)c([N+](=O)[O-])c1. The van der Waals surface area contributed by atoms with E-state index in [1.54, 1.807) is 0 Å². The molecule has 0 atom stereocenters. The van der Waals surface area contributed by atoms with Gasteiger partial charge in [0.05, 0.1) is 16.4 Å². The number of benzene rings is 2. The van der Waals surface area contributed by atoms with E-state index in [0.717, 1.165) is 24.7 Å². The summed E-state index contributed by atoms with van der Waals surface area (Å²) in [5, 5.41) is 19.0. The van der Waals surface area contributed by atoms with Gasteiger partial charge in [-0.1, -0.05) is 18.2 Å². The molecular weight excluding hydrogens is 346 g/mol. The normalized spacial score (nSPS) is 11.1. The standard InChI is InChI=1S/C16H19N3O5S/c17-25(22,23)14-8-9-15(16(12-14)19(20)21)18-10-4-5-11-24-13-6-2-1-3-7-13/h1-3,6-9,12,18H,4-5,10-11H2,(H2,17,22,23). The van der Waals surface area contributed by atoms with Crippen molar-refractivity contribution < 1.29 is 18.1 Å². The smallest absolute Gasteiger partial charge is 0.293 e. The minimum Gasteiger partial charge on any atom is -0.494 e. The molecule has 0 saturated heterocycles. The summed E-state index contributed by atoms with van der Waals surface area (Å²) >= 11 is 0. The van der Waals surface area contributed by atoms with Crippen molar-refractivity contribution in [3.8, 4) is 5.75 Å². The fourth-order valence-corrected chi connectivity index (χ4v) is 2.68. The number of sulfonamides is 1. The van der Waals surface area contributed by atoms with Crippen LogP contribution in [0.5, 0.6) is 5.75 Å². The maximum Gasteiger partial charge on any atom is 0.293 e. The molecule has 25 heavy (non-hydrogen) atoms. The quantitative estimate of drug-likeness (QED) is 0.400. The number of ether oxygens (including phenoxy) is 1. The lowest BCUT2D eigenvalue weighted by atomic mass is 10.2. The predicted octanol–water partition coefficient (Wildman–Crippen LogP) is 2.51. The second-order valence-electron chi connectivity index (χ2n) is 5.28. The van der Waals surface area contributed by atoms with Crippen molar-refractivity contribution in [1.29, 1.82) is 0 Å². The maximum absolute atomic E-state index is 11.3. The molecule has 134 valence electrons. The van der Waals surface area contributed by atoms with Crippen molar-refractivity contribution in [3.63, 3.8) is 0 Å². The van der Waals surface area contributed by atoms with E-state index in [1.807, 2.05) is 30.3 Å². The number of nitrogens with zero attached hydrogens (tertiary/aromatic N) is 1. The number of para-hydroxylation sites is 1. The van der Waals surface area contributed by atoms with Gasteiger partial charge in [0.2, 0.25) is 10.0 Å². The highest BCUT2D eigenvalue weighted by Crippen LogP contribution is 2.27. The monoisotopic (exact) mass is 365 g/mol. The molecule has 9 heteroatoms. The molecule has 0 unspecified atom stereocenters. The molecule has 0 amide bonds. The van der Waals surface area contributed by atoms with E-state index in [-0.39, 0.29) is 16.3 Å². The van der Waals surface area contributed by atoms with Crippen LogP contribution < -0.4 is 15.2 Å². The molecule has 0 aliphatic heterocycles. The van der Waals surface area contributed by atoms with Crippen LogP contribution in [0.3, 0.4) is 0 Å². The molecule has 0 bridgehead atoms. The molecule has 0 aliphatic carbocycles. The van der Waals surface area contributed by atoms with Crippen LogP contribution in [0.15, 0.2) is 53.4 Å². The van der Waals surface area contributed by atoms with Crippen LogP contribution in [0, 0.1) is 10.1 Å². The van der Waals surface area contributed by atoms with Crippen molar-refractivity contribution in [1.82, 2.24) is 0 Å². The van der Waals surface area contributed by atoms with E-state index in [4.69, 9.17) is 9.88 Å². The molecule has 0 spiro atoms. The Hall–Kier alpha value is -2.65. The zero-order valence-electron chi connectivity index (χ0n) is 13.4. The molecule has 8 nitrogen and oxygen atoms in total. The fourth-order valence-electron chi connectivity index (χ4n) is 2.15. The summed E-state index contributed by atoms with van der Waals surface area (Å²) in [6.45, 7) is 1.03. The van der Waals surface area contributed by atoms with E-state index < -0.39 is 14.9 Å². The highest BCUT2D eigenvalue weighted by atomic mass is 32.2. The number of hydrogen-bond acceptors (Lipinski definition) is 6. The van der Waals surface area contributed by atoms with Crippen LogP contribution in [-0.4, -0.2) is 26.5 Å². The van der Waals surface area contributed by atoms with Crippen molar-refractivity contribution >= 4 is 21.4 Å². The average molecular weight is 365 g/mol. The van der Waals surface area contributed by atoms with Gasteiger partial charge in [-0.2, -0.15) is 0 Å². The van der Waals surface area contributed by atoms with Crippen LogP contribution in [0.25, 0.3) is 0 Å². The number of nitrogens with one attached hydrogen (secondary N) is 1. The summed E-state index contributed by atoms with van der Waals surface area (Å²) in [5.74, 6) is 0.796. The molecular formula is C16H19N3O5S. The summed E-state index contributed by atoms with van der Waals surface area (Å²) < 4.78 is 28.1. The van der Waals surface area contributed by atoms with Crippen molar-refractivity contribution in [2.75, 3.05) is 18.5 Å². The number of nitro groups is 1. The van der Waals surface area contributed by atoms with Gasteiger partial charge in [0.25, 0.3) is 5.69 Å². The summed E-state index contributed by atoms with van der Waals surface area (Å²) in [6.07, 6.45) is 1.51. The number of nitrogens with two attached hydrogens (primary N) is 1. The summed E-state index contributed by atoms with van der Waals surface area (Å²) in [7, 11) is -3.98. The second kappa shape index (κ2) is 8.45. The largest absolute Gasteiger partial charge is 0.494 e. The highest BCUT2D eigenvalue weighted by Gasteiger charge is 2.18. The Morgan fingerprint density at radius 1 is 1.12 bits per heavy atom. The van der Waals surface area contributed by atoms with Gasteiger partial charge < -0.3 is 10.1 Å². The number of anilines is 1. The van der Waals surface area contributed by atoms with Gasteiger partial charge in [0.15, 0.2) is 0 Å². The Bertz CT molecular complexity index is 825. The van der Waals surface area contributed by atoms with Gasteiger partial charge in [-0.3, -0.25) is 10.1 Å². The minimum atomic E-state index is -3.98. The van der Waals surface area contributed by atoms with Gasteiger partial charge >= 0.3 is 0 Å². The first-order chi connectivity index (χ1) is 11.9. The number of hydrogen-bond donors (Lipinski definition) is 2. The molecule has 0 radical (unpaired) electrons. The van der Waals surface area contributed by atoms with E-state index in [9.17, 15) is 18.5 Å². The first-order valence-corrected chi connectivity index (χ1v) is 9.15. The lowest BCUT2D eigenvalue weighted by molar-refractivity contribution is -0.384. The Labute approximate surface area is 145 Å². The number of unbranched alkanes of at least 4 members (excludes halogenated alkanes) is 1. The summed E-state index contributed by atoms with van der Waals surface area (Å²) in [4.78, 5) is 10.2. The third kappa shape index (κ3) is 5.73. The van der Waals surface area contributed by atoms with E-state index in [1.165, 1.54) is 12.1 Å². The van der Waals surface area contributed by atoms with Gasteiger partial charge in [-0.15, -0.1) is 0 Å². The van der Waals surface area contributed by atoms with Crippen LogP contribution in [0.4, 0.5) is 11.4 Å². The Kier molecular flexibility index (Phi) is 6.31. The first kappa shape index (κ1) is 18.7. The number of rotatable bonds is 9. The van der Waals surface area contributed by atoms with E-state index >= 15 is 0 Å². The van der Waals surface area contributed by atoms with Gasteiger partial charge in [0.1, 0.15) is 11.4 Å². The Morgan fingerprint density at radius 3 is 2.48 bits per heavy atom. The molecule has 0 heterocycles. The zero-order valence-corrected chi connectivity index (χ0v) is 14.2. The number of primary sulfonamides is 1. The van der Waals surface area contributed by atoms with Crippen LogP contribution in [-0.2, 0) is 10.0 Å². The maximum atomic E-state index is 11.3. The highest BCUT2D eigenvalue weighted by molar-refractivity contribution is 7.89. The van der Waals surface area contributed by atoms with Crippen molar-refractivity contribution in [3.05, 3.63) is 58.6 Å². The van der Waals surface area contributed by atoms with E-state index in [2.05, 4.69) is 5.32 Å². The molecule has 2 rings (SSSR count). The first-order valence-electron chi connectivity index (χ1n) is 7.61. The molecule has 2 aromatic rings. The lowest BCUT2D eigenvalue weighted by Gasteiger charge is -2.09. The average Bonchev–Trinajstić information content (AvgIpc) is 2.58. The number of nitro benzene ring substituents is 1. The summed E-state index contributed by atoms with van der Waals surface area (Å²) in [6, 6.07) is 13.0. The lowest BCUT2D eigenvalue weighted by Crippen LogP contribution is -2.13. The second-order valence-corrected chi connectivity index (χ2v) is 6.84. The molecule has 0 saturated carbocycles. The Morgan fingerprint density at radius 2 is 1.84 bits per heavy atom. The Balaban J connectivity index is 1.85. The minimum absolute atomic E-state index is 0.251. The predicted molar refractivity (Wildman–Crippen MR) is 94.1 cm³/mol. The molecule has 0 aliphatic rings. The molecule has 2 aromatic carbocycles. The van der Waals surface area contributed by atoms with E-state index in [0.29, 0.717) is 13.2 Å². The molecule has 0 fully saturated rings. The van der Waals surface area contributed by atoms with Crippen LogP contribution >= 0.6 is 0 Å². The topological polar surface area (TPSA) is 125 Å². The molecule has 3 N–H and O–H groups in total. The summed E-state index contributed by atoms with van der Waals surface area (Å²) in [5.41, 5.74) is -0.0755. The van der Waals surface area contributed by atoms with Gasteiger partial charge in [-0.05, 0) is 37.1 Å². The third-order valence-corrected chi connectivity index (χ3v) is 4.30. The third-order valence-electron chi connectivity index (χ3n) is 3.39. The van der Waals surface area contributed by atoms with Gasteiger partial charge in [-0.25, -0.2) is 13.6 Å². The van der Waals surface area contributed by atoms with Crippen LogP contribution in [0.2, 0.25) is 0 Å². The molecule has 0 aromatic heterocycles. The zero-order chi connectivity index (χ0) is 18.3. The van der Waals surface area contributed by atoms with Crippen LogP contribution in [0.1, 0.15) is 12.8 Å². The van der Waals surface area contributed by atoms with Gasteiger partial charge in [0, 0.05) is 12.6 Å². The fraction of sp³-hybridized carbons (Fsp3) is 0.250. The van der Waals surface area contributed by atoms with Crippen molar-refractivity contribution in [2.45, 2.75) is 17.7 Å². The van der Waals surface area contributed by atoms with Crippen molar-refractivity contribution in [2.24, 2.45) is 5.14 Å².